The highest BCUT2D eigenvalue weighted by Gasteiger charge is 2.45. The van der Waals surface area contributed by atoms with Crippen LogP contribution < -0.4 is 4.90 Å². The molecule has 2 aliphatic heterocycles. The number of ether oxygens (including phenoxy) is 1. The van der Waals surface area contributed by atoms with E-state index in [1.54, 1.807) is 0 Å². The minimum absolute atomic E-state index is 0.0217. The molecule has 39 heavy (non-hydrogen) atoms. The Balaban J connectivity index is 0.00000112. The van der Waals surface area contributed by atoms with E-state index < -0.39 is 10.8 Å². The molecule has 2 aromatic carbocycles. The van der Waals surface area contributed by atoms with Crippen LogP contribution in [-0.4, -0.2) is 61.9 Å². The molecule has 5 rings (SSSR count). The number of rotatable bonds is 3. The third-order valence-electron chi connectivity index (χ3n) is 7.17. The van der Waals surface area contributed by atoms with Gasteiger partial charge in [0.15, 0.2) is 0 Å². The van der Waals surface area contributed by atoms with Gasteiger partial charge in [-0.1, -0.05) is 42.0 Å². The first kappa shape index (κ1) is 28.9. The van der Waals surface area contributed by atoms with Crippen LogP contribution in [0, 0.1) is 6.92 Å². The highest BCUT2D eigenvalue weighted by molar-refractivity contribution is 7.85. The molecule has 1 fully saturated rings. The number of carbonyl (C=O) groups is 1. The lowest BCUT2D eigenvalue weighted by Crippen LogP contribution is -2.53. The summed E-state index contributed by atoms with van der Waals surface area (Å²) in [5.41, 5.74) is 4.12. The molecule has 1 aromatic heterocycles. The number of aromatic nitrogens is 1. The van der Waals surface area contributed by atoms with E-state index in [4.69, 9.17) is 19.6 Å². The summed E-state index contributed by atoms with van der Waals surface area (Å²) >= 11 is 0. The number of aryl methyl sites for hydroxylation is 1. The summed E-state index contributed by atoms with van der Waals surface area (Å²) in [5, 5.41) is 8.04. The molecular weight excluding hydrogens is 510 g/mol. The number of benzene rings is 2. The SMILES string of the molecule is Cc1ccc2nc(N3CCS(=O)c4ccccc4C3)cc(/C=C/C3COC(C)(C)N3C(C)(C)C)c2c1.O=CO. The van der Waals surface area contributed by atoms with Crippen molar-refractivity contribution in [3.05, 3.63) is 71.3 Å². The van der Waals surface area contributed by atoms with E-state index >= 15 is 0 Å². The molecule has 2 unspecified atom stereocenters. The third-order valence-corrected chi connectivity index (χ3v) is 8.61. The number of hydrogen-bond donors (Lipinski definition) is 1. The van der Waals surface area contributed by atoms with Crippen molar-refractivity contribution in [3.63, 3.8) is 0 Å². The van der Waals surface area contributed by atoms with Crippen molar-refractivity contribution < 1.29 is 18.8 Å². The number of nitrogens with zero attached hydrogens (tertiary/aromatic N) is 3. The average Bonchev–Trinajstić information content (AvgIpc) is 3.09. The zero-order chi connectivity index (χ0) is 28.4. The minimum atomic E-state index is -0.991. The third kappa shape index (κ3) is 6.40. The van der Waals surface area contributed by atoms with Crippen molar-refractivity contribution in [2.75, 3.05) is 23.8 Å². The lowest BCUT2D eigenvalue weighted by molar-refractivity contribution is -0.122. The van der Waals surface area contributed by atoms with E-state index in [-0.39, 0.29) is 23.8 Å². The summed E-state index contributed by atoms with van der Waals surface area (Å²) in [7, 11) is -0.991. The molecule has 0 spiro atoms. The van der Waals surface area contributed by atoms with Gasteiger partial charge in [-0.05, 0) is 76.9 Å². The standard InChI is InChI=1S/C30H37N3O2S.CH2O2/c1-21-11-14-26-25(17-21)22(12-13-24-20-35-30(5,6)33(24)29(2,3)4)18-28(31-26)32-15-16-36(34)27-10-8-7-9-23(27)19-32;2-1-3/h7-14,17-18,24H,15-16,19-20H2,1-6H3;1H,(H,2,3)/b13-12+;. The molecule has 3 heterocycles. The molecule has 0 bridgehead atoms. The molecule has 1 N–H and O–H groups in total. The van der Waals surface area contributed by atoms with Gasteiger partial charge in [0.2, 0.25) is 0 Å². The molecule has 0 aliphatic carbocycles. The van der Waals surface area contributed by atoms with Crippen LogP contribution in [0.5, 0.6) is 0 Å². The van der Waals surface area contributed by atoms with E-state index in [0.717, 1.165) is 32.7 Å². The summed E-state index contributed by atoms with van der Waals surface area (Å²) in [6.07, 6.45) is 4.53. The van der Waals surface area contributed by atoms with Gasteiger partial charge in [0.1, 0.15) is 11.5 Å². The second kappa shape index (κ2) is 11.6. The first-order valence-electron chi connectivity index (χ1n) is 13.3. The van der Waals surface area contributed by atoms with Crippen molar-refractivity contribution >= 4 is 40.1 Å². The predicted molar refractivity (Wildman–Crippen MR) is 158 cm³/mol. The summed E-state index contributed by atoms with van der Waals surface area (Å²) in [5.74, 6) is 1.53. The normalized spacial score (nSPS) is 21.3. The van der Waals surface area contributed by atoms with Crippen molar-refractivity contribution in [2.45, 2.75) is 70.3 Å². The summed E-state index contributed by atoms with van der Waals surface area (Å²) < 4.78 is 19.0. The summed E-state index contributed by atoms with van der Waals surface area (Å²) in [4.78, 5) is 19.1. The Morgan fingerprint density at radius 3 is 2.59 bits per heavy atom. The van der Waals surface area contributed by atoms with E-state index in [0.29, 0.717) is 25.4 Å². The van der Waals surface area contributed by atoms with Crippen molar-refractivity contribution in [3.8, 4) is 0 Å². The average molecular weight is 550 g/mol. The molecule has 0 radical (unpaired) electrons. The topological polar surface area (TPSA) is 83.0 Å². The number of hydrogen-bond acceptors (Lipinski definition) is 6. The zero-order valence-corrected chi connectivity index (χ0v) is 24.5. The number of carboxylic acid groups (broad SMARTS) is 1. The van der Waals surface area contributed by atoms with Crippen LogP contribution in [0.15, 0.2) is 59.5 Å². The van der Waals surface area contributed by atoms with Crippen LogP contribution in [0.4, 0.5) is 5.82 Å². The molecule has 0 saturated carbocycles. The predicted octanol–water partition coefficient (Wildman–Crippen LogP) is 5.62. The van der Waals surface area contributed by atoms with Gasteiger partial charge in [-0.15, -0.1) is 0 Å². The molecular formula is C31H39N3O4S. The van der Waals surface area contributed by atoms with Gasteiger partial charge in [0, 0.05) is 34.7 Å². The number of fused-ring (bicyclic) bond motifs is 2. The highest BCUT2D eigenvalue weighted by Crippen LogP contribution is 2.36. The van der Waals surface area contributed by atoms with E-state index in [1.165, 1.54) is 5.56 Å². The Kier molecular flexibility index (Phi) is 8.59. The van der Waals surface area contributed by atoms with E-state index in [1.807, 2.05) is 18.2 Å². The molecule has 0 amide bonds. The van der Waals surface area contributed by atoms with E-state index in [9.17, 15) is 4.21 Å². The Bertz CT molecular complexity index is 1400. The molecule has 3 aromatic rings. The molecule has 2 atom stereocenters. The van der Waals surface area contributed by atoms with Crippen LogP contribution in [0.3, 0.4) is 0 Å². The van der Waals surface area contributed by atoms with E-state index in [2.05, 4.69) is 93.8 Å². The van der Waals surface area contributed by atoms with Crippen molar-refractivity contribution in [1.82, 2.24) is 9.88 Å². The summed E-state index contributed by atoms with van der Waals surface area (Å²) in [6, 6.07) is 16.9. The maximum absolute atomic E-state index is 12.8. The van der Waals surface area contributed by atoms with Gasteiger partial charge >= 0.3 is 0 Å². The lowest BCUT2D eigenvalue weighted by Gasteiger charge is -2.43. The van der Waals surface area contributed by atoms with Crippen LogP contribution in [0.25, 0.3) is 17.0 Å². The lowest BCUT2D eigenvalue weighted by atomic mass is 9.99. The molecule has 1 saturated heterocycles. The monoisotopic (exact) mass is 549 g/mol. The van der Waals surface area contributed by atoms with Gasteiger partial charge in [-0.3, -0.25) is 13.9 Å². The van der Waals surface area contributed by atoms with Gasteiger partial charge in [-0.25, -0.2) is 4.98 Å². The Morgan fingerprint density at radius 2 is 1.87 bits per heavy atom. The fraction of sp³-hybridized carbons (Fsp3) is 0.419. The number of anilines is 1. The van der Waals surface area contributed by atoms with Crippen molar-refractivity contribution in [1.29, 1.82) is 0 Å². The second-order valence-electron chi connectivity index (χ2n) is 11.5. The number of pyridine rings is 1. The molecule has 208 valence electrons. The Hall–Kier alpha value is -3.07. The molecule has 7 nitrogen and oxygen atoms in total. The van der Waals surface area contributed by atoms with Crippen LogP contribution >= 0.6 is 0 Å². The van der Waals surface area contributed by atoms with Gasteiger partial charge in [0.05, 0.1) is 29.0 Å². The largest absolute Gasteiger partial charge is 0.483 e. The first-order valence-corrected chi connectivity index (χ1v) is 14.6. The smallest absolute Gasteiger partial charge is 0.290 e. The Labute approximate surface area is 233 Å². The zero-order valence-electron chi connectivity index (χ0n) is 23.7. The maximum atomic E-state index is 12.8. The highest BCUT2D eigenvalue weighted by atomic mass is 32.2. The Morgan fingerprint density at radius 1 is 1.15 bits per heavy atom. The van der Waals surface area contributed by atoms with Gasteiger partial charge < -0.3 is 14.7 Å². The molecule has 2 aliphatic rings. The van der Waals surface area contributed by atoms with Crippen LogP contribution in [0.2, 0.25) is 0 Å². The quantitative estimate of drug-likeness (QED) is 0.425. The second-order valence-corrected chi connectivity index (χ2v) is 13.0. The van der Waals surface area contributed by atoms with Gasteiger partial charge in [0.25, 0.3) is 6.47 Å². The van der Waals surface area contributed by atoms with Crippen LogP contribution in [-0.2, 0) is 26.9 Å². The maximum Gasteiger partial charge on any atom is 0.290 e. The fourth-order valence-corrected chi connectivity index (χ4v) is 7.05. The van der Waals surface area contributed by atoms with Gasteiger partial charge in [-0.2, -0.15) is 0 Å². The molecule has 8 heteroatoms. The summed E-state index contributed by atoms with van der Waals surface area (Å²) in [6.45, 7) is 15.0. The fourth-order valence-electron chi connectivity index (χ4n) is 5.79. The van der Waals surface area contributed by atoms with Crippen LogP contribution in [0.1, 0.15) is 51.3 Å². The van der Waals surface area contributed by atoms with Crippen molar-refractivity contribution in [2.24, 2.45) is 0 Å². The first-order chi connectivity index (χ1) is 18.4. The minimum Gasteiger partial charge on any atom is -0.483 e.